The molecule has 1 amide bonds. The zero-order valence-corrected chi connectivity index (χ0v) is 12.4. The van der Waals surface area contributed by atoms with E-state index in [2.05, 4.69) is 0 Å². The van der Waals surface area contributed by atoms with Crippen molar-refractivity contribution in [3.63, 3.8) is 0 Å². The molecule has 5 nitrogen and oxygen atoms in total. The van der Waals surface area contributed by atoms with Gasteiger partial charge in [0.25, 0.3) is 5.91 Å². The molecule has 0 aliphatic carbocycles. The average Bonchev–Trinajstić information content (AvgIpc) is 2.76. The topological polar surface area (TPSA) is 66.8 Å². The highest BCUT2D eigenvalue weighted by Crippen LogP contribution is 2.37. The number of carbonyl (C=O) groups excluding carboxylic acids is 2. The van der Waals surface area contributed by atoms with Gasteiger partial charge in [-0.05, 0) is 24.1 Å². The maximum Gasteiger partial charge on any atom is 0.252 e. The van der Waals surface area contributed by atoms with Crippen molar-refractivity contribution in [2.24, 2.45) is 5.92 Å². The Bertz CT molecular complexity index is 500. The summed E-state index contributed by atoms with van der Waals surface area (Å²) in [5.41, 5.74) is 0.842. The maximum atomic E-state index is 12.2. The van der Waals surface area contributed by atoms with Gasteiger partial charge >= 0.3 is 0 Å². The Hall–Kier alpha value is -1.88. The minimum absolute atomic E-state index is 0.360. The van der Waals surface area contributed by atoms with Gasteiger partial charge in [0.1, 0.15) is 18.1 Å². The van der Waals surface area contributed by atoms with Crippen molar-refractivity contribution in [1.29, 1.82) is 0 Å². The van der Waals surface area contributed by atoms with Crippen LogP contribution in [0.25, 0.3) is 0 Å². The van der Waals surface area contributed by atoms with Crippen molar-refractivity contribution in [3.05, 3.63) is 29.8 Å². The van der Waals surface area contributed by atoms with Crippen LogP contribution in [-0.4, -0.2) is 42.0 Å². The smallest absolute Gasteiger partial charge is 0.252 e. The van der Waals surface area contributed by atoms with Gasteiger partial charge in [0.2, 0.25) is 0 Å². The third kappa shape index (κ3) is 2.93. The van der Waals surface area contributed by atoms with Crippen molar-refractivity contribution in [2.45, 2.75) is 31.9 Å². The molecule has 1 aromatic rings. The van der Waals surface area contributed by atoms with Gasteiger partial charge in [-0.3, -0.25) is 4.79 Å². The Morgan fingerprint density at radius 2 is 2.00 bits per heavy atom. The van der Waals surface area contributed by atoms with Crippen LogP contribution in [0.2, 0.25) is 0 Å². The Kier molecular flexibility index (Phi) is 4.96. The van der Waals surface area contributed by atoms with Gasteiger partial charge in [0, 0.05) is 6.54 Å². The summed E-state index contributed by atoms with van der Waals surface area (Å²) < 4.78 is 5.12. The molecule has 1 saturated heterocycles. The molecule has 5 heteroatoms. The lowest BCUT2D eigenvalue weighted by molar-refractivity contribution is -0.136. The van der Waals surface area contributed by atoms with Crippen LogP contribution in [0.4, 0.5) is 0 Å². The number of hydrogen-bond donors (Lipinski definition) is 1. The summed E-state index contributed by atoms with van der Waals surface area (Å²) in [6.45, 7) is 2.59. The van der Waals surface area contributed by atoms with E-state index in [0.29, 0.717) is 18.6 Å². The number of unbranched alkanes of at least 4 members (excludes halogenated alkanes) is 1. The van der Waals surface area contributed by atoms with E-state index in [-0.39, 0.29) is 5.91 Å². The van der Waals surface area contributed by atoms with E-state index in [9.17, 15) is 14.7 Å². The number of benzene rings is 1. The Morgan fingerprint density at radius 1 is 1.33 bits per heavy atom. The standard InChI is InChI=1S/C16H21NO4/c1-3-4-9-17-14(13(10-18)15(19)16(17)20)11-5-7-12(21-2)8-6-11/h5-8,10,13-15,19H,3-4,9H2,1-2H3. The number of nitrogens with zero attached hydrogens (tertiary/aromatic N) is 1. The van der Waals surface area contributed by atoms with Gasteiger partial charge in [0.15, 0.2) is 0 Å². The molecule has 2 rings (SSSR count). The van der Waals surface area contributed by atoms with E-state index in [1.807, 2.05) is 19.1 Å². The highest BCUT2D eigenvalue weighted by molar-refractivity contribution is 5.88. The fourth-order valence-electron chi connectivity index (χ4n) is 2.78. The average molecular weight is 291 g/mol. The molecule has 0 aromatic heterocycles. The van der Waals surface area contributed by atoms with E-state index in [4.69, 9.17) is 4.74 Å². The van der Waals surface area contributed by atoms with Crippen molar-refractivity contribution in [3.8, 4) is 5.75 Å². The fraction of sp³-hybridized carbons (Fsp3) is 0.500. The van der Waals surface area contributed by atoms with Crippen molar-refractivity contribution < 1.29 is 19.4 Å². The number of ether oxygens (including phenoxy) is 1. The van der Waals surface area contributed by atoms with Gasteiger partial charge in [-0.1, -0.05) is 25.5 Å². The third-order valence-corrected chi connectivity index (χ3v) is 3.97. The largest absolute Gasteiger partial charge is 0.497 e. The molecule has 0 bridgehead atoms. The SMILES string of the molecule is CCCCN1C(=O)C(O)C(C=O)C1c1ccc(OC)cc1. The number of aliphatic hydroxyl groups is 1. The number of aldehydes is 1. The van der Waals surface area contributed by atoms with Gasteiger partial charge in [0.05, 0.1) is 19.1 Å². The summed E-state index contributed by atoms with van der Waals surface area (Å²) in [6, 6.07) is 6.87. The van der Waals surface area contributed by atoms with E-state index in [1.165, 1.54) is 0 Å². The highest BCUT2D eigenvalue weighted by atomic mass is 16.5. The third-order valence-electron chi connectivity index (χ3n) is 3.97. The van der Waals surface area contributed by atoms with Crippen LogP contribution in [0, 0.1) is 5.92 Å². The molecule has 1 fully saturated rings. The van der Waals surface area contributed by atoms with Gasteiger partial charge in [-0.15, -0.1) is 0 Å². The Labute approximate surface area is 124 Å². The van der Waals surface area contributed by atoms with E-state index in [1.54, 1.807) is 24.1 Å². The van der Waals surface area contributed by atoms with Crippen molar-refractivity contribution in [2.75, 3.05) is 13.7 Å². The lowest BCUT2D eigenvalue weighted by atomic mass is 9.93. The molecule has 3 unspecified atom stereocenters. The van der Waals surface area contributed by atoms with Crippen LogP contribution in [-0.2, 0) is 9.59 Å². The number of methoxy groups -OCH3 is 1. The highest BCUT2D eigenvalue weighted by Gasteiger charge is 2.47. The quantitative estimate of drug-likeness (QED) is 0.808. The number of carbonyl (C=O) groups is 2. The lowest BCUT2D eigenvalue weighted by Crippen LogP contribution is -2.31. The molecule has 3 atom stereocenters. The molecule has 1 aliphatic rings. The van der Waals surface area contributed by atoms with E-state index < -0.39 is 18.1 Å². The molecule has 1 heterocycles. The molecular weight excluding hydrogens is 270 g/mol. The number of hydrogen-bond acceptors (Lipinski definition) is 4. The minimum Gasteiger partial charge on any atom is -0.497 e. The first-order valence-electron chi connectivity index (χ1n) is 7.21. The molecule has 0 radical (unpaired) electrons. The molecule has 114 valence electrons. The van der Waals surface area contributed by atoms with Gasteiger partial charge < -0.3 is 19.5 Å². The first-order valence-corrected chi connectivity index (χ1v) is 7.21. The zero-order chi connectivity index (χ0) is 15.4. The first kappa shape index (κ1) is 15.5. The van der Waals surface area contributed by atoms with Crippen LogP contribution >= 0.6 is 0 Å². The predicted octanol–water partition coefficient (Wildman–Crippen LogP) is 1.55. The second-order valence-electron chi connectivity index (χ2n) is 5.26. The minimum atomic E-state index is -1.24. The molecule has 21 heavy (non-hydrogen) atoms. The van der Waals surface area contributed by atoms with Gasteiger partial charge in [-0.25, -0.2) is 0 Å². The number of likely N-dealkylation sites (tertiary alicyclic amines) is 1. The van der Waals surface area contributed by atoms with Crippen LogP contribution in [0.15, 0.2) is 24.3 Å². The van der Waals surface area contributed by atoms with Crippen LogP contribution in [0.3, 0.4) is 0 Å². The number of rotatable bonds is 6. The molecule has 1 aliphatic heterocycles. The first-order chi connectivity index (χ1) is 10.1. The normalized spacial score (nSPS) is 25.2. The summed E-state index contributed by atoms with van der Waals surface area (Å²) in [4.78, 5) is 25.1. The summed E-state index contributed by atoms with van der Waals surface area (Å²) >= 11 is 0. The summed E-state index contributed by atoms with van der Waals surface area (Å²) in [7, 11) is 1.58. The molecule has 0 spiro atoms. The lowest BCUT2D eigenvalue weighted by Gasteiger charge is -2.26. The second kappa shape index (κ2) is 6.72. The zero-order valence-electron chi connectivity index (χ0n) is 12.4. The Balaban J connectivity index is 2.33. The van der Waals surface area contributed by atoms with Crippen molar-refractivity contribution >= 4 is 12.2 Å². The molecule has 0 saturated carbocycles. The molecule has 1 aromatic carbocycles. The monoisotopic (exact) mass is 291 g/mol. The molecule has 1 N–H and O–H groups in total. The van der Waals surface area contributed by atoms with Crippen molar-refractivity contribution in [1.82, 2.24) is 4.90 Å². The second-order valence-corrected chi connectivity index (χ2v) is 5.26. The van der Waals surface area contributed by atoms with Gasteiger partial charge in [-0.2, -0.15) is 0 Å². The Morgan fingerprint density at radius 3 is 2.52 bits per heavy atom. The summed E-state index contributed by atoms with van der Waals surface area (Å²) in [5, 5.41) is 10.0. The summed E-state index contributed by atoms with van der Waals surface area (Å²) in [6.07, 6.45) is 1.23. The molecular formula is C16H21NO4. The van der Waals surface area contributed by atoms with Crippen LogP contribution in [0.1, 0.15) is 31.4 Å². The summed E-state index contributed by atoms with van der Waals surface area (Å²) in [5.74, 6) is -0.365. The fourth-order valence-corrected chi connectivity index (χ4v) is 2.78. The number of amides is 1. The number of aliphatic hydroxyl groups excluding tert-OH is 1. The predicted molar refractivity (Wildman–Crippen MR) is 77.9 cm³/mol. The van der Waals surface area contributed by atoms with E-state index >= 15 is 0 Å². The maximum absolute atomic E-state index is 12.2. The van der Waals surface area contributed by atoms with Crippen LogP contribution < -0.4 is 4.74 Å². The van der Waals surface area contributed by atoms with E-state index in [0.717, 1.165) is 18.4 Å². The van der Waals surface area contributed by atoms with Crippen LogP contribution in [0.5, 0.6) is 5.75 Å².